The molecule has 16 heavy (non-hydrogen) atoms. The van der Waals surface area contributed by atoms with Gasteiger partial charge in [0.2, 0.25) is 0 Å². The van der Waals surface area contributed by atoms with E-state index in [2.05, 4.69) is 41.5 Å². The van der Waals surface area contributed by atoms with Gasteiger partial charge < -0.3 is 15.6 Å². The summed E-state index contributed by atoms with van der Waals surface area (Å²) in [4.78, 5) is 0. The van der Waals surface area contributed by atoms with Crippen LogP contribution in [0.4, 0.5) is 0 Å². The summed E-state index contributed by atoms with van der Waals surface area (Å²) in [5.74, 6) is 2.40. The quantitative estimate of drug-likeness (QED) is 0.773. The van der Waals surface area contributed by atoms with Crippen LogP contribution in [-0.2, 0) is 9.47 Å². The fourth-order valence-corrected chi connectivity index (χ4v) is 3.09. The Balaban J connectivity index is 0.00000225. The molecule has 0 radical (unpaired) electrons. The van der Waals surface area contributed by atoms with E-state index in [9.17, 15) is 0 Å². The first-order chi connectivity index (χ1) is 6.91. The average Bonchev–Trinajstić information content (AvgIpc) is 2.16. The molecule has 0 saturated carbocycles. The topological polar surface area (TPSA) is 53.5 Å². The molecule has 1 aliphatic heterocycles. The van der Waals surface area contributed by atoms with Crippen molar-refractivity contribution in [3.8, 4) is 0 Å². The summed E-state index contributed by atoms with van der Waals surface area (Å²) < 4.78 is 12.0. The summed E-state index contributed by atoms with van der Waals surface area (Å²) in [5.41, 5.74) is 0. The van der Waals surface area contributed by atoms with Crippen molar-refractivity contribution in [1.29, 1.82) is 0 Å². The molecule has 98 valence electrons. The molecule has 2 atom stereocenters. The van der Waals surface area contributed by atoms with E-state index in [0.717, 1.165) is 8.58 Å². The lowest BCUT2D eigenvalue weighted by atomic mass is 10.2. The molecule has 0 amide bonds. The lowest BCUT2D eigenvalue weighted by Gasteiger charge is -2.40. The lowest BCUT2D eigenvalue weighted by molar-refractivity contribution is -0.209. The number of hydrogen-bond acceptors (Lipinski definition) is 3. The highest BCUT2D eigenvalue weighted by Crippen LogP contribution is 2.42. The molecular weight excluding hydrogens is 221 g/mol. The molecular formula is C12H28NO2P. The van der Waals surface area contributed by atoms with Gasteiger partial charge in [0.05, 0.1) is 11.7 Å². The minimum absolute atomic E-state index is 0. The Labute approximate surface area is 102 Å². The van der Waals surface area contributed by atoms with Gasteiger partial charge in [-0.2, -0.15) is 0 Å². The van der Waals surface area contributed by atoms with Gasteiger partial charge in [0.25, 0.3) is 0 Å². The molecule has 2 unspecified atom stereocenters. The highest BCUT2D eigenvalue weighted by atomic mass is 31.1. The Hall–Kier alpha value is 0.310. The van der Waals surface area contributed by atoms with Crippen molar-refractivity contribution in [3.63, 3.8) is 0 Å². The second kappa shape index (κ2) is 6.90. The van der Waals surface area contributed by atoms with Gasteiger partial charge in [-0.05, 0) is 11.8 Å². The van der Waals surface area contributed by atoms with Gasteiger partial charge in [-0.15, -0.1) is 0 Å². The molecule has 1 heterocycles. The molecule has 3 N–H and O–H groups in total. The van der Waals surface area contributed by atoms with E-state index in [1.807, 2.05) is 0 Å². The minimum Gasteiger partial charge on any atom is -0.345 e. The van der Waals surface area contributed by atoms with Crippen molar-refractivity contribution >= 4 is 8.58 Å². The van der Waals surface area contributed by atoms with Crippen LogP contribution >= 0.6 is 8.58 Å². The van der Waals surface area contributed by atoms with Crippen LogP contribution in [0.5, 0.6) is 0 Å². The van der Waals surface area contributed by atoms with Gasteiger partial charge in [-0.25, -0.2) is 0 Å². The third-order valence-electron chi connectivity index (χ3n) is 2.65. The Bertz CT molecular complexity index is 158. The molecule has 4 heteroatoms. The van der Waals surface area contributed by atoms with Gasteiger partial charge in [-0.3, -0.25) is 0 Å². The Kier molecular flexibility index (Phi) is 7.04. The second-order valence-electron chi connectivity index (χ2n) is 5.38. The second-order valence-corrected chi connectivity index (χ2v) is 6.85. The van der Waals surface area contributed by atoms with Crippen molar-refractivity contribution in [3.05, 3.63) is 0 Å². The van der Waals surface area contributed by atoms with Crippen LogP contribution in [0, 0.1) is 17.8 Å². The monoisotopic (exact) mass is 249 g/mol. The molecule has 0 spiro atoms. The zero-order chi connectivity index (χ0) is 11.6. The predicted octanol–water partition coefficient (Wildman–Crippen LogP) is 3.82. The van der Waals surface area contributed by atoms with Gasteiger partial charge >= 0.3 is 0 Å². The molecule has 1 rings (SSSR count). The number of hydrogen-bond donors (Lipinski definition) is 1. The highest BCUT2D eigenvalue weighted by Gasteiger charge is 2.34. The van der Waals surface area contributed by atoms with Crippen LogP contribution < -0.4 is 6.15 Å². The SMILES string of the molecule is CC(C)C1OC(C(C)C)PC(C(C)C)O1.N. The van der Waals surface area contributed by atoms with E-state index in [1.54, 1.807) is 0 Å². The van der Waals surface area contributed by atoms with Crippen molar-refractivity contribution in [2.75, 3.05) is 0 Å². The first-order valence-electron chi connectivity index (χ1n) is 5.98. The van der Waals surface area contributed by atoms with Crippen molar-refractivity contribution in [2.24, 2.45) is 17.8 Å². The molecule has 0 aromatic heterocycles. The zero-order valence-electron chi connectivity index (χ0n) is 11.5. The Morgan fingerprint density at radius 1 is 0.750 bits per heavy atom. The number of rotatable bonds is 3. The molecule has 1 saturated heterocycles. The van der Waals surface area contributed by atoms with E-state index in [4.69, 9.17) is 9.47 Å². The smallest absolute Gasteiger partial charge is 0.161 e. The summed E-state index contributed by atoms with van der Waals surface area (Å²) in [5, 5.41) is 0. The van der Waals surface area contributed by atoms with Crippen molar-refractivity contribution in [2.45, 2.75) is 59.5 Å². The Morgan fingerprint density at radius 2 is 1.12 bits per heavy atom. The fraction of sp³-hybridized carbons (Fsp3) is 1.00. The van der Waals surface area contributed by atoms with E-state index in [0.29, 0.717) is 29.4 Å². The first kappa shape index (κ1) is 16.3. The summed E-state index contributed by atoms with van der Waals surface area (Å²) in [6.07, 6.45) is -0.00829. The zero-order valence-corrected chi connectivity index (χ0v) is 12.5. The van der Waals surface area contributed by atoms with Gasteiger partial charge in [0.1, 0.15) is 0 Å². The lowest BCUT2D eigenvalue weighted by Crippen LogP contribution is -2.39. The predicted molar refractivity (Wildman–Crippen MR) is 71.4 cm³/mol. The molecule has 0 aliphatic carbocycles. The van der Waals surface area contributed by atoms with Crippen LogP contribution in [0.25, 0.3) is 0 Å². The van der Waals surface area contributed by atoms with E-state index in [-0.39, 0.29) is 12.4 Å². The fourth-order valence-electron chi connectivity index (χ4n) is 1.57. The molecule has 0 aromatic carbocycles. The van der Waals surface area contributed by atoms with Crippen LogP contribution in [0.2, 0.25) is 0 Å². The van der Waals surface area contributed by atoms with Gasteiger partial charge in [0.15, 0.2) is 6.29 Å². The summed E-state index contributed by atoms with van der Waals surface area (Å²) in [6.45, 7) is 13.3. The largest absolute Gasteiger partial charge is 0.345 e. The normalized spacial score (nSPS) is 32.4. The van der Waals surface area contributed by atoms with Crippen LogP contribution in [0.3, 0.4) is 0 Å². The maximum absolute atomic E-state index is 5.98. The van der Waals surface area contributed by atoms with Gasteiger partial charge in [0, 0.05) is 5.92 Å². The van der Waals surface area contributed by atoms with E-state index >= 15 is 0 Å². The number of ether oxygens (including phenoxy) is 2. The third-order valence-corrected chi connectivity index (χ3v) is 4.91. The van der Waals surface area contributed by atoms with Gasteiger partial charge in [-0.1, -0.05) is 50.1 Å². The standard InChI is InChI=1S/C12H25O2P.H3N/c1-7(2)10-13-11(8(3)4)15-12(14-10)9(5)6;/h7-12,15H,1-6H3;1H3. The van der Waals surface area contributed by atoms with Crippen molar-refractivity contribution < 1.29 is 9.47 Å². The van der Waals surface area contributed by atoms with Crippen LogP contribution in [-0.4, -0.2) is 18.0 Å². The molecule has 3 nitrogen and oxygen atoms in total. The maximum Gasteiger partial charge on any atom is 0.161 e. The van der Waals surface area contributed by atoms with Crippen molar-refractivity contribution in [1.82, 2.24) is 6.15 Å². The third kappa shape index (κ3) is 4.29. The highest BCUT2D eigenvalue weighted by molar-refractivity contribution is 7.39. The molecule has 0 bridgehead atoms. The molecule has 1 aliphatic rings. The van der Waals surface area contributed by atoms with Crippen LogP contribution in [0.15, 0.2) is 0 Å². The average molecular weight is 249 g/mol. The summed E-state index contributed by atoms with van der Waals surface area (Å²) in [6, 6.07) is 0. The van der Waals surface area contributed by atoms with E-state index < -0.39 is 0 Å². The molecule has 0 aromatic rings. The minimum atomic E-state index is -0.00829. The van der Waals surface area contributed by atoms with E-state index in [1.165, 1.54) is 0 Å². The maximum atomic E-state index is 5.98. The summed E-state index contributed by atoms with van der Waals surface area (Å²) in [7, 11) is 0.779. The first-order valence-corrected chi connectivity index (χ1v) is 7.14. The molecule has 1 fully saturated rings. The Morgan fingerprint density at radius 3 is 1.38 bits per heavy atom. The van der Waals surface area contributed by atoms with Crippen LogP contribution in [0.1, 0.15) is 41.5 Å². The summed E-state index contributed by atoms with van der Waals surface area (Å²) >= 11 is 0.